The van der Waals surface area contributed by atoms with Crippen molar-refractivity contribution >= 4 is 34.1 Å². The van der Waals surface area contributed by atoms with Crippen molar-refractivity contribution < 1.29 is 0 Å². The van der Waals surface area contributed by atoms with Crippen LogP contribution in [-0.2, 0) is 5.41 Å². The first-order valence-corrected chi connectivity index (χ1v) is 22.2. The summed E-state index contributed by atoms with van der Waals surface area (Å²) >= 11 is 0. The lowest BCUT2D eigenvalue weighted by molar-refractivity contribution is 0.702. The molecule has 1 heterocycles. The van der Waals surface area contributed by atoms with Crippen molar-refractivity contribution in [1.82, 2.24) is 0 Å². The first-order valence-electron chi connectivity index (χ1n) is 22.2. The molecular weight excluding hydrogens is 773 g/mol. The van der Waals surface area contributed by atoms with Crippen LogP contribution in [0.4, 0.5) is 34.1 Å². The summed E-state index contributed by atoms with van der Waals surface area (Å²) in [5.41, 5.74) is 22.9. The number of hydrogen-bond donors (Lipinski definition) is 0. The Hall–Kier alpha value is -8.20. The van der Waals surface area contributed by atoms with Gasteiger partial charge in [0, 0.05) is 28.2 Å². The third-order valence-corrected chi connectivity index (χ3v) is 13.5. The van der Waals surface area contributed by atoms with E-state index in [4.69, 9.17) is 0 Å². The molecule has 0 amide bonds. The number of anilines is 6. The average Bonchev–Trinajstić information content (AvgIpc) is 3.65. The molecule has 2 heteroatoms. The smallest absolute Gasteiger partial charge is 0.0512 e. The van der Waals surface area contributed by atoms with E-state index in [9.17, 15) is 0 Å². The molecular formula is C62H44N2. The normalized spacial score (nSPS) is 14.4. The van der Waals surface area contributed by atoms with Crippen molar-refractivity contribution in [3.63, 3.8) is 0 Å². The van der Waals surface area contributed by atoms with Gasteiger partial charge in [0.15, 0.2) is 0 Å². The van der Waals surface area contributed by atoms with Gasteiger partial charge in [0.05, 0.1) is 11.4 Å². The molecule has 0 bridgehead atoms. The number of nitrogens with zero attached hydrogens (tertiary/aromatic N) is 2. The zero-order chi connectivity index (χ0) is 42.6. The summed E-state index contributed by atoms with van der Waals surface area (Å²) in [6.45, 7) is 2.44. The molecule has 1 aliphatic carbocycles. The van der Waals surface area contributed by atoms with Crippen LogP contribution in [0.25, 0.3) is 55.6 Å². The Balaban J connectivity index is 0.951. The molecule has 1 aliphatic heterocycles. The molecule has 10 aromatic carbocycles. The molecule has 12 rings (SSSR count). The predicted molar refractivity (Wildman–Crippen MR) is 269 cm³/mol. The van der Waals surface area contributed by atoms with Gasteiger partial charge in [-0.15, -0.1) is 0 Å². The molecule has 302 valence electrons. The molecule has 2 aliphatic rings. The van der Waals surface area contributed by atoms with Gasteiger partial charge in [-0.2, -0.15) is 0 Å². The highest BCUT2D eigenvalue weighted by Gasteiger charge is 2.48. The zero-order valence-corrected chi connectivity index (χ0v) is 35.6. The fraction of sp³-hybridized carbons (Fsp3) is 0.0323. The first kappa shape index (κ1) is 37.6. The Labute approximate surface area is 375 Å². The average molecular weight is 817 g/mol. The minimum absolute atomic E-state index is 0.330. The van der Waals surface area contributed by atoms with Crippen molar-refractivity contribution in [2.75, 3.05) is 9.80 Å². The van der Waals surface area contributed by atoms with E-state index >= 15 is 0 Å². The Morgan fingerprint density at radius 1 is 0.312 bits per heavy atom. The van der Waals surface area contributed by atoms with Crippen LogP contribution in [0.15, 0.2) is 249 Å². The molecule has 0 spiro atoms. The highest BCUT2D eigenvalue weighted by molar-refractivity contribution is 5.98. The van der Waals surface area contributed by atoms with Crippen LogP contribution in [0, 0.1) is 0 Å². The lowest BCUT2D eigenvalue weighted by atomic mass is 9.70. The van der Waals surface area contributed by atoms with E-state index in [0.717, 1.165) is 22.7 Å². The summed E-state index contributed by atoms with van der Waals surface area (Å²) in [5, 5.41) is 0. The van der Waals surface area contributed by atoms with E-state index in [0.29, 0.717) is 0 Å². The highest BCUT2D eigenvalue weighted by atomic mass is 15.2. The van der Waals surface area contributed by atoms with Crippen LogP contribution in [-0.4, -0.2) is 0 Å². The lowest BCUT2D eigenvalue weighted by Crippen LogP contribution is -2.32. The van der Waals surface area contributed by atoms with Crippen LogP contribution < -0.4 is 9.80 Å². The Morgan fingerprint density at radius 2 is 0.719 bits per heavy atom. The van der Waals surface area contributed by atoms with Gasteiger partial charge in [-0.3, -0.25) is 0 Å². The molecule has 2 nitrogen and oxygen atoms in total. The second kappa shape index (κ2) is 15.3. The molecule has 0 radical (unpaired) electrons. The van der Waals surface area contributed by atoms with Gasteiger partial charge >= 0.3 is 0 Å². The predicted octanol–water partition coefficient (Wildman–Crippen LogP) is 16.9. The van der Waals surface area contributed by atoms with Crippen LogP contribution in [0.1, 0.15) is 23.6 Å². The van der Waals surface area contributed by atoms with E-state index in [1.807, 2.05) is 0 Å². The van der Waals surface area contributed by atoms with Crippen LogP contribution in [0.2, 0.25) is 0 Å². The molecule has 10 aromatic rings. The summed E-state index contributed by atoms with van der Waals surface area (Å²) in [6.07, 6.45) is 0. The number of hydrogen-bond acceptors (Lipinski definition) is 2. The molecule has 1 unspecified atom stereocenters. The van der Waals surface area contributed by atoms with E-state index in [2.05, 4.69) is 265 Å². The zero-order valence-electron chi connectivity index (χ0n) is 35.6. The number of rotatable bonds is 8. The summed E-state index contributed by atoms with van der Waals surface area (Å²) < 4.78 is 0. The maximum absolute atomic E-state index is 2.48. The molecule has 0 saturated heterocycles. The minimum Gasteiger partial charge on any atom is -0.311 e. The van der Waals surface area contributed by atoms with Gasteiger partial charge in [-0.05, 0) is 146 Å². The van der Waals surface area contributed by atoms with Gasteiger partial charge in [0.1, 0.15) is 0 Å². The number of benzene rings is 10. The van der Waals surface area contributed by atoms with Crippen LogP contribution in [0.5, 0.6) is 0 Å². The third kappa shape index (κ3) is 6.18. The minimum atomic E-state index is -0.330. The van der Waals surface area contributed by atoms with Crippen molar-refractivity contribution in [1.29, 1.82) is 0 Å². The SMILES string of the molecule is CC12c3ccccc3-c3cccc(c31)N(c1ccc(-c3ccccc3)cc1)c1ccc(-c3ccc(N(c4ccc(-c5ccccc5)cc4)c4ccc(-c5ccccc5)cc4)cc3)cc12. The van der Waals surface area contributed by atoms with Crippen LogP contribution in [0.3, 0.4) is 0 Å². The maximum Gasteiger partial charge on any atom is 0.0512 e. The van der Waals surface area contributed by atoms with Crippen molar-refractivity contribution in [2.24, 2.45) is 0 Å². The van der Waals surface area contributed by atoms with Gasteiger partial charge in [0.25, 0.3) is 0 Å². The topological polar surface area (TPSA) is 6.48 Å². The van der Waals surface area contributed by atoms with Gasteiger partial charge in [-0.1, -0.05) is 182 Å². The van der Waals surface area contributed by atoms with Crippen molar-refractivity contribution in [3.8, 4) is 55.6 Å². The van der Waals surface area contributed by atoms with Crippen molar-refractivity contribution in [3.05, 3.63) is 265 Å². The van der Waals surface area contributed by atoms with Crippen molar-refractivity contribution in [2.45, 2.75) is 12.3 Å². The monoisotopic (exact) mass is 816 g/mol. The molecule has 0 fully saturated rings. The fourth-order valence-electron chi connectivity index (χ4n) is 10.3. The van der Waals surface area contributed by atoms with E-state index in [1.165, 1.54) is 83.7 Å². The molecule has 0 N–H and O–H groups in total. The van der Waals surface area contributed by atoms with Crippen LogP contribution >= 0.6 is 0 Å². The third-order valence-electron chi connectivity index (χ3n) is 13.5. The van der Waals surface area contributed by atoms with E-state index < -0.39 is 0 Å². The Bertz CT molecular complexity index is 3200. The molecule has 0 saturated carbocycles. The fourth-order valence-corrected chi connectivity index (χ4v) is 10.3. The van der Waals surface area contributed by atoms with Gasteiger partial charge < -0.3 is 9.80 Å². The largest absolute Gasteiger partial charge is 0.311 e. The summed E-state index contributed by atoms with van der Waals surface area (Å²) in [6, 6.07) is 90.8. The second-order valence-corrected chi connectivity index (χ2v) is 17.1. The molecule has 0 aromatic heterocycles. The first-order chi connectivity index (χ1) is 31.6. The standard InChI is InChI=1S/C62H44N2/c1-62-57-22-12-11-20-55(57)56-21-13-23-60(61(56)62)64(54-39-28-48(29-40-54)45-18-9-4-10-19-45)59-41-32-50(42-58(59)62)49-30-37-53(38-31-49)63(51-33-24-46(25-34-51)43-14-5-2-6-15-43)52-35-26-47(27-36-52)44-16-7-3-8-17-44/h2-42H,1H3. The highest BCUT2D eigenvalue weighted by Crippen LogP contribution is 2.62. The molecule has 1 atom stereocenters. The van der Waals surface area contributed by atoms with Gasteiger partial charge in [0.2, 0.25) is 0 Å². The Morgan fingerprint density at radius 3 is 1.23 bits per heavy atom. The Kier molecular flexibility index (Phi) is 8.98. The van der Waals surface area contributed by atoms with Gasteiger partial charge in [-0.25, -0.2) is 0 Å². The summed E-state index contributed by atoms with van der Waals surface area (Å²) in [5.74, 6) is 0. The van der Waals surface area contributed by atoms with E-state index in [-0.39, 0.29) is 5.41 Å². The summed E-state index contributed by atoms with van der Waals surface area (Å²) in [4.78, 5) is 4.84. The quantitative estimate of drug-likeness (QED) is 0.151. The summed E-state index contributed by atoms with van der Waals surface area (Å²) in [7, 11) is 0. The number of fused-ring (bicyclic) bond motifs is 5. The second-order valence-electron chi connectivity index (χ2n) is 17.1. The molecule has 64 heavy (non-hydrogen) atoms. The van der Waals surface area contributed by atoms with E-state index in [1.54, 1.807) is 0 Å². The maximum atomic E-state index is 2.48. The lowest BCUT2D eigenvalue weighted by Gasteiger charge is -2.42.